The number of amides is 1. The van der Waals surface area contributed by atoms with Crippen LogP contribution in [0.15, 0.2) is 66.7 Å². The molecule has 1 aliphatic heterocycles. The molecule has 0 aromatic heterocycles. The molecule has 0 unspecified atom stereocenters. The summed E-state index contributed by atoms with van der Waals surface area (Å²) in [7, 11) is 0. The minimum Gasteiger partial charge on any atom is -0.505 e. The van der Waals surface area contributed by atoms with Crippen LogP contribution in [0.1, 0.15) is 18.1 Å². The van der Waals surface area contributed by atoms with Gasteiger partial charge in [0.25, 0.3) is 0 Å². The van der Waals surface area contributed by atoms with E-state index in [4.69, 9.17) is 23.7 Å². The van der Waals surface area contributed by atoms with Crippen molar-refractivity contribution >= 4 is 30.4 Å². The molecule has 11 heteroatoms. The van der Waals surface area contributed by atoms with E-state index in [9.17, 15) is 19.1 Å². The van der Waals surface area contributed by atoms with Crippen molar-refractivity contribution < 1.29 is 42.8 Å². The highest BCUT2D eigenvalue weighted by atomic mass is 32.1. The number of phenols is 1. The van der Waals surface area contributed by atoms with Gasteiger partial charge in [-0.3, -0.25) is 10.1 Å². The number of carbonyl (C=O) groups is 2. The maximum atomic E-state index is 14.3. The van der Waals surface area contributed by atoms with E-state index in [0.717, 1.165) is 12.1 Å². The Bertz CT molecular complexity index is 1240. The number of fused-ring (bicyclic) bond motifs is 1. The molecule has 0 bridgehead atoms. The summed E-state index contributed by atoms with van der Waals surface area (Å²) in [6.07, 6.45) is -2.81. The van der Waals surface area contributed by atoms with Crippen LogP contribution >= 0.6 is 12.6 Å². The first-order valence-corrected chi connectivity index (χ1v) is 11.9. The molecular formula is C26H24FNO8S. The van der Waals surface area contributed by atoms with Gasteiger partial charge in [-0.05, 0) is 42.0 Å². The van der Waals surface area contributed by atoms with Crippen LogP contribution in [0.4, 0.5) is 14.9 Å². The van der Waals surface area contributed by atoms with Gasteiger partial charge >= 0.3 is 12.1 Å². The predicted octanol–water partition coefficient (Wildman–Crippen LogP) is 4.86. The molecule has 194 valence electrons. The topological polar surface area (TPSA) is 113 Å². The van der Waals surface area contributed by atoms with Gasteiger partial charge in [-0.2, -0.15) is 12.6 Å². The van der Waals surface area contributed by atoms with E-state index in [1.54, 1.807) is 48.5 Å². The number of phenolic OH excluding ortho intramolecular Hbond substituents is 1. The zero-order chi connectivity index (χ0) is 26.2. The molecule has 0 fully saturated rings. The lowest BCUT2D eigenvalue weighted by atomic mass is 10.0. The van der Waals surface area contributed by atoms with Gasteiger partial charge < -0.3 is 28.8 Å². The summed E-state index contributed by atoms with van der Waals surface area (Å²) in [6, 6.07) is 17.2. The Morgan fingerprint density at radius 2 is 1.84 bits per heavy atom. The van der Waals surface area contributed by atoms with E-state index in [1.807, 2.05) is 0 Å². The fourth-order valence-corrected chi connectivity index (χ4v) is 3.67. The van der Waals surface area contributed by atoms with Crippen LogP contribution in [0.25, 0.3) is 0 Å². The summed E-state index contributed by atoms with van der Waals surface area (Å²) in [5, 5.41) is 12.3. The number of halogens is 1. The Balaban J connectivity index is 1.59. The van der Waals surface area contributed by atoms with Crippen molar-refractivity contribution in [2.75, 3.05) is 24.5 Å². The average molecular weight is 530 g/mol. The van der Waals surface area contributed by atoms with Gasteiger partial charge in [-0.15, -0.1) is 0 Å². The summed E-state index contributed by atoms with van der Waals surface area (Å²) >= 11 is 3.89. The Kier molecular flexibility index (Phi) is 8.57. The van der Waals surface area contributed by atoms with Crippen molar-refractivity contribution in [3.05, 3.63) is 78.1 Å². The molecule has 4 rings (SSSR count). The Morgan fingerprint density at radius 3 is 2.59 bits per heavy atom. The van der Waals surface area contributed by atoms with Crippen LogP contribution in [-0.4, -0.2) is 42.4 Å². The number of rotatable bonds is 10. The highest BCUT2D eigenvalue weighted by Gasteiger charge is 2.30. The van der Waals surface area contributed by atoms with E-state index >= 15 is 0 Å². The lowest BCUT2D eigenvalue weighted by Gasteiger charge is -2.28. The van der Waals surface area contributed by atoms with Gasteiger partial charge in [-0.1, -0.05) is 24.3 Å². The first-order chi connectivity index (χ1) is 17.9. The van der Waals surface area contributed by atoms with Gasteiger partial charge in [0, 0.05) is 18.2 Å². The molecule has 9 nitrogen and oxygen atoms in total. The van der Waals surface area contributed by atoms with Crippen LogP contribution in [0.2, 0.25) is 0 Å². The minimum atomic E-state index is -1.15. The summed E-state index contributed by atoms with van der Waals surface area (Å²) < 4.78 is 41.8. The van der Waals surface area contributed by atoms with Gasteiger partial charge in [-0.25, -0.2) is 9.18 Å². The van der Waals surface area contributed by atoms with Crippen LogP contribution in [0.5, 0.6) is 23.0 Å². The fraction of sp³-hybridized carbons (Fsp3) is 0.231. The van der Waals surface area contributed by atoms with Crippen molar-refractivity contribution in [1.29, 1.82) is 0 Å². The fourth-order valence-electron chi connectivity index (χ4n) is 3.58. The second-order valence-electron chi connectivity index (χ2n) is 7.87. The first-order valence-electron chi connectivity index (χ1n) is 11.3. The van der Waals surface area contributed by atoms with Crippen LogP contribution < -0.4 is 19.5 Å². The molecular weight excluding hydrogens is 505 g/mol. The van der Waals surface area contributed by atoms with Gasteiger partial charge in [0.05, 0.1) is 12.4 Å². The number of anilines is 1. The Hall–Kier alpha value is -4.12. The lowest BCUT2D eigenvalue weighted by Crippen LogP contribution is -2.32. The van der Waals surface area contributed by atoms with Crippen LogP contribution in [0.3, 0.4) is 0 Å². The SMILES string of the molecule is O=C(CS)OCC[C@H](Oc1ccccc1)[C@@H](OC(=O)Nc1ccc2c(c1)OCO2)c1ccc(O)c(F)c1. The molecule has 0 radical (unpaired) electrons. The molecule has 3 aromatic carbocycles. The largest absolute Gasteiger partial charge is 0.505 e. The Morgan fingerprint density at radius 1 is 1.05 bits per heavy atom. The van der Waals surface area contributed by atoms with Gasteiger partial charge in [0.1, 0.15) is 11.9 Å². The van der Waals surface area contributed by atoms with Crippen molar-refractivity contribution in [1.82, 2.24) is 0 Å². The molecule has 1 aliphatic rings. The average Bonchev–Trinajstić information content (AvgIpc) is 3.37. The smallest absolute Gasteiger partial charge is 0.412 e. The van der Waals surface area contributed by atoms with E-state index in [2.05, 4.69) is 17.9 Å². The maximum Gasteiger partial charge on any atom is 0.412 e. The molecule has 0 spiro atoms. The molecule has 1 heterocycles. The molecule has 2 N–H and O–H groups in total. The summed E-state index contributed by atoms with van der Waals surface area (Å²) in [6.45, 7) is 0.00905. The number of ether oxygens (including phenoxy) is 5. The lowest BCUT2D eigenvalue weighted by molar-refractivity contribution is -0.141. The first kappa shape index (κ1) is 26.0. The van der Waals surface area contributed by atoms with Crippen molar-refractivity contribution in [2.24, 2.45) is 0 Å². The standard InChI is InChI=1S/C26H24FNO8S/c27-19-12-16(6-8-20(19)29)25(36-26(31)28-17-7-9-21-23(13-17)34-15-33-21)22(10-11-32-24(30)14-37)35-18-4-2-1-3-5-18/h1-9,12-13,22,25,29,37H,10-11,14-15H2,(H,28,31)/t22-,25-/m0/s1. The molecule has 0 saturated heterocycles. The molecule has 3 aromatic rings. The third kappa shape index (κ3) is 6.98. The number of benzene rings is 3. The monoisotopic (exact) mass is 529 g/mol. The third-order valence-electron chi connectivity index (χ3n) is 5.32. The van der Waals surface area contributed by atoms with E-state index in [0.29, 0.717) is 22.9 Å². The number of hydrogen-bond donors (Lipinski definition) is 3. The second kappa shape index (κ2) is 12.2. The third-order valence-corrected chi connectivity index (χ3v) is 5.57. The number of nitrogens with one attached hydrogen (secondary N) is 1. The number of thiol groups is 1. The number of para-hydroxylation sites is 1. The number of hydrogen-bond acceptors (Lipinski definition) is 9. The van der Waals surface area contributed by atoms with Crippen LogP contribution in [-0.2, 0) is 14.3 Å². The van der Waals surface area contributed by atoms with Crippen LogP contribution in [0, 0.1) is 5.82 Å². The number of aromatic hydroxyl groups is 1. The molecule has 2 atom stereocenters. The maximum absolute atomic E-state index is 14.3. The molecule has 0 aliphatic carbocycles. The summed E-state index contributed by atoms with van der Waals surface area (Å²) in [5.74, 6) is -0.634. The quantitative estimate of drug-likeness (QED) is 0.252. The van der Waals surface area contributed by atoms with E-state index in [1.165, 1.54) is 6.07 Å². The Labute approximate surface area is 217 Å². The number of carbonyl (C=O) groups excluding carboxylic acids is 2. The predicted molar refractivity (Wildman–Crippen MR) is 134 cm³/mol. The molecule has 0 saturated carbocycles. The zero-order valence-corrected chi connectivity index (χ0v) is 20.4. The van der Waals surface area contributed by atoms with Crippen molar-refractivity contribution in [3.8, 4) is 23.0 Å². The van der Waals surface area contributed by atoms with E-state index in [-0.39, 0.29) is 31.1 Å². The number of esters is 1. The summed E-state index contributed by atoms with van der Waals surface area (Å²) in [5.41, 5.74) is 0.603. The zero-order valence-electron chi connectivity index (χ0n) is 19.5. The van der Waals surface area contributed by atoms with E-state index < -0.39 is 35.8 Å². The minimum absolute atomic E-state index is 0.0684. The van der Waals surface area contributed by atoms with Crippen molar-refractivity contribution in [3.63, 3.8) is 0 Å². The molecule has 37 heavy (non-hydrogen) atoms. The normalized spacial score (nSPS) is 13.4. The second-order valence-corrected chi connectivity index (χ2v) is 8.18. The van der Waals surface area contributed by atoms with Gasteiger partial charge in [0.15, 0.2) is 29.2 Å². The summed E-state index contributed by atoms with van der Waals surface area (Å²) in [4.78, 5) is 24.5. The highest BCUT2D eigenvalue weighted by Crippen LogP contribution is 2.35. The molecule has 1 amide bonds. The van der Waals surface area contributed by atoms with Crippen molar-refractivity contribution in [2.45, 2.75) is 18.6 Å². The van der Waals surface area contributed by atoms with Gasteiger partial charge in [0.2, 0.25) is 6.79 Å². The highest BCUT2D eigenvalue weighted by molar-refractivity contribution is 7.81.